The first-order valence-electron chi connectivity index (χ1n) is 10.6. The van der Waals surface area contributed by atoms with Crippen molar-refractivity contribution in [1.82, 2.24) is 9.80 Å². The fourth-order valence-electron chi connectivity index (χ4n) is 5.08. The van der Waals surface area contributed by atoms with Gasteiger partial charge in [-0.25, -0.2) is 9.59 Å². The molecular formula is C24H24N2O5. The van der Waals surface area contributed by atoms with Crippen LogP contribution in [-0.4, -0.2) is 60.1 Å². The highest BCUT2D eigenvalue weighted by atomic mass is 16.6. The number of benzene rings is 2. The number of nitrogens with zero attached hydrogens (tertiary/aromatic N) is 2. The van der Waals surface area contributed by atoms with Crippen LogP contribution >= 0.6 is 0 Å². The normalized spacial score (nSPS) is 22.7. The monoisotopic (exact) mass is 420 g/mol. The smallest absolute Gasteiger partial charge is 0.411 e. The van der Waals surface area contributed by atoms with Crippen LogP contribution in [0.5, 0.6) is 0 Å². The van der Waals surface area contributed by atoms with Gasteiger partial charge < -0.3 is 14.4 Å². The number of piperidine rings is 1. The van der Waals surface area contributed by atoms with E-state index in [1.165, 1.54) is 18.2 Å². The Morgan fingerprint density at radius 1 is 1.03 bits per heavy atom. The Morgan fingerprint density at radius 2 is 1.77 bits per heavy atom. The molecule has 2 saturated heterocycles. The molecule has 0 N–H and O–H groups in total. The molecule has 5 rings (SSSR count). The zero-order chi connectivity index (χ0) is 21.5. The van der Waals surface area contributed by atoms with Crippen LogP contribution in [0.3, 0.4) is 0 Å². The van der Waals surface area contributed by atoms with Crippen molar-refractivity contribution in [1.29, 1.82) is 0 Å². The topological polar surface area (TPSA) is 76.2 Å². The number of hydrogen-bond donors (Lipinski definition) is 0. The second-order valence-corrected chi connectivity index (χ2v) is 8.27. The Hall–Kier alpha value is -3.35. The number of carbonyl (C=O) groups is 3. The highest BCUT2D eigenvalue weighted by molar-refractivity contribution is 5.98. The standard InChI is InChI=1S/C24H24N2O5/c1-30-23(28)17-7-4-6-16(13-17)22(27)25-11-9-18(10-12-25)26-21-19-8-3-2-5-15(19)14-20(21)31-24(26)29/h2-8,13,18,20-21H,9-12,14H2,1H3. The van der Waals surface area contributed by atoms with Gasteiger partial charge in [-0.1, -0.05) is 30.3 Å². The number of fused-ring (bicyclic) bond motifs is 3. The molecule has 0 spiro atoms. The van der Waals surface area contributed by atoms with Crippen LogP contribution in [0.4, 0.5) is 4.79 Å². The Kier molecular flexibility index (Phi) is 4.88. The first-order chi connectivity index (χ1) is 15.1. The zero-order valence-corrected chi connectivity index (χ0v) is 17.3. The molecule has 1 aliphatic carbocycles. The molecule has 2 aromatic rings. The highest BCUT2D eigenvalue weighted by Gasteiger charge is 2.50. The number of hydrogen-bond acceptors (Lipinski definition) is 5. The van der Waals surface area contributed by atoms with Crippen molar-refractivity contribution >= 4 is 18.0 Å². The van der Waals surface area contributed by atoms with E-state index in [1.54, 1.807) is 29.2 Å². The van der Waals surface area contributed by atoms with Crippen molar-refractivity contribution in [3.05, 3.63) is 70.8 Å². The minimum atomic E-state index is -0.465. The van der Waals surface area contributed by atoms with E-state index in [0.29, 0.717) is 37.1 Å². The number of likely N-dealkylation sites (tertiary alicyclic amines) is 1. The van der Waals surface area contributed by atoms with Gasteiger partial charge in [-0.2, -0.15) is 0 Å². The molecule has 0 aromatic heterocycles. The van der Waals surface area contributed by atoms with E-state index >= 15 is 0 Å². The fourth-order valence-corrected chi connectivity index (χ4v) is 5.08. The van der Waals surface area contributed by atoms with Crippen LogP contribution in [-0.2, 0) is 15.9 Å². The molecule has 0 bridgehead atoms. The Morgan fingerprint density at radius 3 is 2.55 bits per heavy atom. The lowest BCUT2D eigenvalue weighted by Gasteiger charge is -2.38. The maximum Gasteiger partial charge on any atom is 0.411 e. The highest BCUT2D eigenvalue weighted by Crippen LogP contribution is 2.44. The average Bonchev–Trinajstić information content (AvgIpc) is 3.32. The summed E-state index contributed by atoms with van der Waals surface area (Å²) in [5.41, 5.74) is 3.24. The van der Waals surface area contributed by atoms with Gasteiger partial charge in [-0.3, -0.25) is 9.69 Å². The zero-order valence-electron chi connectivity index (χ0n) is 17.3. The van der Waals surface area contributed by atoms with E-state index in [4.69, 9.17) is 9.47 Å². The average molecular weight is 420 g/mol. The second-order valence-electron chi connectivity index (χ2n) is 8.27. The molecule has 7 heteroatoms. The molecule has 0 radical (unpaired) electrons. The van der Waals surface area contributed by atoms with E-state index in [9.17, 15) is 14.4 Å². The van der Waals surface area contributed by atoms with Crippen molar-refractivity contribution in [2.24, 2.45) is 0 Å². The summed E-state index contributed by atoms with van der Waals surface area (Å²) in [6.45, 7) is 1.10. The third-order valence-corrected chi connectivity index (χ3v) is 6.59. The molecule has 0 saturated carbocycles. The second kappa shape index (κ2) is 7.72. The van der Waals surface area contributed by atoms with Gasteiger partial charge in [0.15, 0.2) is 0 Å². The van der Waals surface area contributed by atoms with Crippen molar-refractivity contribution in [2.75, 3.05) is 20.2 Å². The van der Waals surface area contributed by atoms with Crippen LogP contribution in [0.15, 0.2) is 48.5 Å². The molecule has 2 fully saturated rings. The molecule has 7 nitrogen and oxygen atoms in total. The van der Waals surface area contributed by atoms with E-state index in [1.807, 2.05) is 17.0 Å². The van der Waals surface area contributed by atoms with Gasteiger partial charge in [0.2, 0.25) is 0 Å². The van der Waals surface area contributed by atoms with Crippen LogP contribution in [0.2, 0.25) is 0 Å². The molecule has 2 atom stereocenters. The summed E-state index contributed by atoms with van der Waals surface area (Å²) in [5, 5.41) is 0. The Labute approximate surface area is 180 Å². The molecule has 2 unspecified atom stereocenters. The van der Waals surface area contributed by atoms with Gasteiger partial charge in [-0.05, 0) is 42.2 Å². The molecule has 2 aliphatic heterocycles. The lowest BCUT2D eigenvalue weighted by Crippen LogP contribution is -2.47. The van der Waals surface area contributed by atoms with Gasteiger partial charge >= 0.3 is 12.1 Å². The first-order valence-corrected chi connectivity index (χ1v) is 10.6. The molecule has 3 aliphatic rings. The van der Waals surface area contributed by atoms with Crippen molar-refractivity contribution in [3.63, 3.8) is 0 Å². The van der Waals surface area contributed by atoms with Crippen molar-refractivity contribution in [3.8, 4) is 0 Å². The summed E-state index contributed by atoms with van der Waals surface area (Å²) >= 11 is 0. The molecule has 2 heterocycles. The minimum absolute atomic E-state index is 0.0345. The van der Waals surface area contributed by atoms with Crippen molar-refractivity contribution < 1.29 is 23.9 Å². The van der Waals surface area contributed by atoms with E-state index in [-0.39, 0.29) is 30.2 Å². The minimum Gasteiger partial charge on any atom is -0.465 e. The Balaban J connectivity index is 1.28. The quantitative estimate of drug-likeness (QED) is 0.713. The summed E-state index contributed by atoms with van der Waals surface area (Å²) in [4.78, 5) is 41.1. The molecule has 160 valence electrons. The maximum atomic E-state index is 13.0. The number of methoxy groups -OCH3 is 1. The van der Waals surface area contributed by atoms with Crippen molar-refractivity contribution in [2.45, 2.75) is 37.5 Å². The molecule has 31 heavy (non-hydrogen) atoms. The van der Waals surface area contributed by atoms with E-state index in [2.05, 4.69) is 12.1 Å². The van der Waals surface area contributed by atoms with E-state index < -0.39 is 5.97 Å². The predicted molar refractivity (Wildman–Crippen MR) is 112 cm³/mol. The molecular weight excluding hydrogens is 396 g/mol. The van der Waals surface area contributed by atoms with Gasteiger partial charge in [-0.15, -0.1) is 0 Å². The third-order valence-electron chi connectivity index (χ3n) is 6.59. The van der Waals surface area contributed by atoms with Crippen LogP contribution in [0, 0.1) is 0 Å². The number of carbonyl (C=O) groups excluding carboxylic acids is 3. The largest absolute Gasteiger partial charge is 0.465 e. The Bertz CT molecular complexity index is 1040. The van der Waals surface area contributed by atoms with Gasteiger partial charge in [0.25, 0.3) is 5.91 Å². The summed E-state index contributed by atoms with van der Waals surface area (Å²) in [7, 11) is 1.32. The lowest BCUT2D eigenvalue weighted by molar-refractivity contribution is 0.0600. The van der Waals surface area contributed by atoms with Crippen LogP contribution in [0.1, 0.15) is 50.7 Å². The number of ether oxygens (including phenoxy) is 2. The number of amides is 2. The summed E-state index contributed by atoms with van der Waals surface area (Å²) < 4.78 is 10.4. The SMILES string of the molecule is COC(=O)c1cccc(C(=O)N2CCC(N3C(=O)OC4Cc5ccccc5C43)CC2)c1. The van der Waals surface area contributed by atoms with Gasteiger partial charge in [0, 0.05) is 31.1 Å². The van der Waals surface area contributed by atoms with Crippen LogP contribution < -0.4 is 0 Å². The fraction of sp³-hybridized carbons (Fsp3) is 0.375. The maximum absolute atomic E-state index is 13.0. The lowest BCUT2D eigenvalue weighted by atomic mass is 9.98. The summed E-state index contributed by atoms with van der Waals surface area (Å²) in [6.07, 6.45) is 1.79. The predicted octanol–water partition coefficient (Wildman–Crippen LogP) is 3.20. The third kappa shape index (κ3) is 3.34. The van der Waals surface area contributed by atoms with Gasteiger partial charge in [0.05, 0.1) is 18.7 Å². The first kappa shape index (κ1) is 19.6. The van der Waals surface area contributed by atoms with E-state index in [0.717, 1.165) is 6.42 Å². The summed E-state index contributed by atoms with van der Waals surface area (Å²) in [5.74, 6) is -0.579. The van der Waals surface area contributed by atoms with Gasteiger partial charge in [0.1, 0.15) is 6.10 Å². The summed E-state index contributed by atoms with van der Waals surface area (Å²) in [6, 6.07) is 14.8. The number of rotatable bonds is 3. The number of esters is 1. The molecule has 2 aromatic carbocycles. The molecule has 2 amide bonds. The van der Waals surface area contributed by atoms with Crippen LogP contribution in [0.25, 0.3) is 0 Å².